The zero-order chi connectivity index (χ0) is 9.68. The fourth-order valence-corrected chi connectivity index (χ4v) is 2.34. The summed E-state index contributed by atoms with van der Waals surface area (Å²) in [7, 11) is 3.91. The molecule has 13 heavy (non-hydrogen) atoms. The van der Waals surface area contributed by atoms with Gasteiger partial charge < -0.3 is 4.90 Å². The van der Waals surface area contributed by atoms with Crippen molar-refractivity contribution in [1.29, 1.82) is 0 Å². The molecule has 0 aliphatic rings. The van der Waals surface area contributed by atoms with Crippen LogP contribution in [0.1, 0.15) is 6.42 Å². The summed E-state index contributed by atoms with van der Waals surface area (Å²) in [5.41, 5.74) is 0. The number of aromatic nitrogens is 2. The van der Waals surface area contributed by atoms with Crippen molar-refractivity contribution in [2.24, 2.45) is 0 Å². The van der Waals surface area contributed by atoms with Gasteiger partial charge in [-0.15, -0.1) is 22.5 Å². The Morgan fingerprint density at radius 1 is 1.54 bits per heavy atom. The lowest BCUT2D eigenvalue weighted by molar-refractivity contribution is 0.972. The van der Waals surface area contributed by atoms with Crippen LogP contribution >= 0.6 is 23.1 Å². The zero-order valence-electron chi connectivity index (χ0n) is 7.65. The van der Waals surface area contributed by atoms with Crippen LogP contribution in [0, 0.1) is 12.3 Å². The Hall–Kier alpha value is -0.730. The number of rotatable bonds is 4. The number of hydrogen-bond donors (Lipinski definition) is 0. The van der Waals surface area contributed by atoms with Gasteiger partial charge in [0.1, 0.15) is 0 Å². The lowest BCUT2D eigenvalue weighted by atomic mass is 10.5. The van der Waals surface area contributed by atoms with Gasteiger partial charge in [0.2, 0.25) is 5.13 Å². The monoisotopic (exact) mass is 213 g/mol. The molecule has 0 aromatic carbocycles. The summed E-state index contributed by atoms with van der Waals surface area (Å²) >= 11 is 3.25. The first-order valence-electron chi connectivity index (χ1n) is 3.81. The molecule has 0 fully saturated rings. The second-order valence-electron chi connectivity index (χ2n) is 2.55. The van der Waals surface area contributed by atoms with Gasteiger partial charge in [-0.3, -0.25) is 0 Å². The Kier molecular flexibility index (Phi) is 4.06. The van der Waals surface area contributed by atoms with Gasteiger partial charge in [-0.1, -0.05) is 23.1 Å². The summed E-state index contributed by atoms with van der Waals surface area (Å²) in [5.74, 6) is 3.51. The van der Waals surface area contributed by atoms with Gasteiger partial charge in [0.05, 0.1) is 0 Å². The van der Waals surface area contributed by atoms with Gasteiger partial charge in [0.25, 0.3) is 0 Å². The topological polar surface area (TPSA) is 29.0 Å². The van der Waals surface area contributed by atoms with E-state index in [0.29, 0.717) is 0 Å². The van der Waals surface area contributed by atoms with Gasteiger partial charge >= 0.3 is 0 Å². The molecule has 0 bridgehead atoms. The summed E-state index contributed by atoms with van der Waals surface area (Å²) in [4.78, 5) is 1.95. The first-order chi connectivity index (χ1) is 6.24. The number of terminal acetylenes is 1. The van der Waals surface area contributed by atoms with Crippen molar-refractivity contribution in [3.63, 3.8) is 0 Å². The minimum absolute atomic E-state index is 0.779. The van der Waals surface area contributed by atoms with Crippen LogP contribution in [0.3, 0.4) is 0 Å². The molecule has 0 atom stereocenters. The fraction of sp³-hybridized carbons (Fsp3) is 0.500. The standard InChI is InChI=1S/C8H11N3S2/c1-4-5-6-12-8-10-9-7(13-8)11(2)3/h1H,5-6H2,2-3H3. The molecule has 0 spiro atoms. The second kappa shape index (κ2) is 5.10. The Labute approximate surface area is 86.6 Å². The van der Waals surface area contributed by atoms with Crippen LogP contribution in [0.5, 0.6) is 0 Å². The minimum atomic E-state index is 0.779. The van der Waals surface area contributed by atoms with Crippen LogP contribution in [-0.4, -0.2) is 30.0 Å². The summed E-state index contributed by atoms with van der Waals surface area (Å²) in [6.07, 6.45) is 5.92. The van der Waals surface area contributed by atoms with Crippen LogP contribution in [0.25, 0.3) is 0 Å². The fourth-order valence-electron chi connectivity index (χ4n) is 0.639. The molecule has 1 rings (SSSR count). The molecule has 3 nitrogen and oxygen atoms in total. The molecule has 0 saturated carbocycles. The predicted molar refractivity (Wildman–Crippen MR) is 58.4 cm³/mol. The molecule has 0 aliphatic heterocycles. The predicted octanol–water partition coefficient (Wildman–Crippen LogP) is 1.72. The van der Waals surface area contributed by atoms with E-state index < -0.39 is 0 Å². The van der Waals surface area contributed by atoms with Crippen LogP contribution in [0.4, 0.5) is 5.13 Å². The third kappa shape index (κ3) is 3.25. The Balaban J connectivity index is 2.45. The molecule has 0 aliphatic carbocycles. The third-order valence-corrected chi connectivity index (χ3v) is 3.48. The van der Waals surface area contributed by atoms with Crippen molar-refractivity contribution in [2.75, 3.05) is 24.7 Å². The van der Waals surface area contributed by atoms with Crippen LogP contribution in [0.2, 0.25) is 0 Å². The van der Waals surface area contributed by atoms with Crippen LogP contribution in [0.15, 0.2) is 4.34 Å². The molecule has 0 saturated heterocycles. The summed E-state index contributed by atoms with van der Waals surface area (Å²) < 4.78 is 0.985. The van der Waals surface area contributed by atoms with E-state index in [9.17, 15) is 0 Å². The third-order valence-electron chi connectivity index (χ3n) is 1.25. The maximum Gasteiger partial charge on any atom is 0.208 e. The molecule has 1 aromatic rings. The largest absolute Gasteiger partial charge is 0.353 e. The maximum atomic E-state index is 5.14. The number of thioether (sulfide) groups is 1. The first-order valence-corrected chi connectivity index (χ1v) is 5.61. The maximum absolute atomic E-state index is 5.14. The highest BCUT2D eigenvalue weighted by Crippen LogP contribution is 2.26. The minimum Gasteiger partial charge on any atom is -0.353 e. The van der Waals surface area contributed by atoms with Gasteiger partial charge in [0, 0.05) is 26.3 Å². The molecule has 70 valence electrons. The lowest BCUT2D eigenvalue weighted by Crippen LogP contribution is -2.07. The highest BCUT2D eigenvalue weighted by Gasteiger charge is 2.04. The van der Waals surface area contributed by atoms with Crippen molar-refractivity contribution in [3.8, 4) is 12.3 Å². The van der Waals surface area contributed by atoms with E-state index in [1.807, 2.05) is 19.0 Å². The molecular weight excluding hydrogens is 202 g/mol. The second-order valence-corrected chi connectivity index (χ2v) is 4.85. The average Bonchev–Trinajstić information content (AvgIpc) is 2.53. The van der Waals surface area contributed by atoms with E-state index in [1.165, 1.54) is 0 Å². The highest BCUT2D eigenvalue weighted by molar-refractivity contribution is 8.01. The molecule has 0 amide bonds. The smallest absolute Gasteiger partial charge is 0.208 e. The molecule has 5 heteroatoms. The molecule has 0 N–H and O–H groups in total. The van der Waals surface area contributed by atoms with Crippen molar-refractivity contribution in [1.82, 2.24) is 10.2 Å². The summed E-state index contributed by atoms with van der Waals surface area (Å²) in [5, 5.41) is 8.98. The van der Waals surface area contributed by atoms with Gasteiger partial charge in [-0.2, -0.15) is 0 Å². The number of anilines is 1. The van der Waals surface area contributed by atoms with E-state index in [1.54, 1.807) is 23.1 Å². The van der Waals surface area contributed by atoms with E-state index in [2.05, 4.69) is 16.1 Å². The molecule has 1 heterocycles. The SMILES string of the molecule is C#CCCSc1nnc(N(C)C)s1. The highest BCUT2D eigenvalue weighted by atomic mass is 32.2. The van der Waals surface area contributed by atoms with Gasteiger partial charge in [-0.05, 0) is 0 Å². The van der Waals surface area contributed by atoms with Gasteiger partial charge in [-0.25, -0.2) is 0 Å². The van der Waals surface area contributed by atoms with Crippen molar-refractivity contribution in [3.05, 3.63) is 0 Å². The molecule has 0 radical (unpaired) electrons. The Morgan fingerprint density at radius 2 is 2.31 bits per heavy atom. The van der Waals surface area contributed by atoms with Crippen molar-refractivity contribution in [2.45, 2.75) is 10.8 Å². The quantitative estimate of drug-likeness (QED) is 0.432. The van der Waals surface area contributed by atoms with Gasteiger partial charge in [0.15, 0.2) is 4.34 Å². The van der Waals surface area contributed by atoms with E-state index in [4.69, 9.17) is 6.42 Å². The zero-order valence-corrected chi connectivity index (χ0v) is 9.28. The molecule has 0 unspecified atom stereocenters. The molecular formula is C8H11N3S2. The summed E-state index contributed by atoms with van der Waals surface area (Å²) in [6.45, 7) is 0. The van der Waals surface area contributed by atoms with E-state index >= 15 is 0 Å². The normalized spacial score (nSPS) is 9.62. The number of nitrogens with zero attached hydrogens (tertiary/aromatic N) is 3. The van der Waals surface area contributed by atoms with E-state index in [0.717, 1.165) is 21.6 Å². The first kappa shape index (κ1) is 10.4. The van der Waals surface area contributed by atoms with E-state index in [-0.39, 0.29) is 0 Å². The summed E-state index contributed by atoms with van der Waals surface area (Å²) in [6, 6.07) is 0. The average molecular weight is 213 g/mol. The Bertz CT molecular complexity index is 301. The number of hydrogen-bond acceptors (Lipinski definition) is 5. The van der Waals surface area contributed by atoms with Crippen LogP contribution in [-0.2, 0) is 0 Å². The lowest BCUT2D eigenvalue weighted by Gasteiger charge is -2.03. The van der Waals surface area contributed by atoms with Crippen molar-refractivity contribution < 1.29 is 0 Å². The van der Waals surface area contributed by atoms with Crippen LogP contribution < -0.4 is 4.90 Å². The van der Waals surface area contributed by atoms with Crippen molar-refractivity contribution >= 4 is 28.2 Å². The Morgan fingerprint density at radius 3 is 2.85 bits per heavy atom. The molecule has 1 aromatic heterocycles.